The number of nitrogens with one attached hydrogen (secondary N) is 4. The van der Waals surface area contributed by atoms with Crippen LogP contribution < -0.4 is 21.7 Å². The largest absolute Gasteiger partial charge is 0.481 e. The van der Waals surface area contributed by atoms with Crippen molar-refractivity contribution in [3.8, 4) is 0 Å². The van der Waals surface area contributed by atoms with Crippen LogP contribution in [0.2, 0.25) is 0 Å². The van der Waals surface area contributed by atoms with Gasteiger partial charge >= 0.3 is 11.9 Å². The Morgan fingerprint density at radius 1 is 0.972 bits per heavy atom. The maximum Gasteiger partial charge on any atom is 0.326 e. The fourth-order valence-electron chi connectivity index (χ4n) is 3.38. The molecule has 202 valence electrons. The lowest BCUT2D eigenvalue weighted by molar-refractivity contribution is -0.142. The number of aromatic nitrogens is 2. The lowest BCUT2D eigenvalue weighted by Crippen LogP contribution is -2.58. The summed E-state index contributed by atoms with van der Waals surface area (Å²) in [5.41, 5.74) is 6.44. The van der Waals surface area contributed by atoms with Crippen molar-refractivity contribution in [2.75, 3.05) is 0 Å². The van der Waals surface area contributed by atoms with Crippen LogP contribution in [0.15, 0.2) is 12.5 Å². The number of nitrogens with zero attached hydrogens (tertiary/aromatic N) is 1. The minimum absolute atomic E-state index is 0.0474. The molecule has 1 aromatic heterocycles. The lowest BCUT2D eigenvalue weighted by Gasteiger charge is -2.26. The van der Waals surface area contributed by atoms with Crippen LogP contribution in [0.4, 0.5) is 0 Å². The lowest BCUT2D eigenvalue weighted by atomic mass is 9.98. The summed E-state index contributed by atoms with van der Waals surface area (Å²) in [4.78, 5) is 68.0. The Kier molecular flexibility index (Phi) is 12.6. The second kappa shape index (κ2) is 14.8. The van der Waals surface area contributed by atoms with Gasteiger partial charge in [0.1, 0.15) is 18.1 Å². The molecule has 1 rings (SSSR count). The van der Waals surface area contributed by atoms with E-state index in [-0.39, 0.29) is 31.1 Å². The Morgan fingerprint density at radius 2 is 1.56 bits per heavy atom. The molecule has 13 heteroatoms. The first-order valence-corrected chi connectivity index (χ1v) is 11.9. The molecule has 0 aliphatic carbocycles. The third-order valence-corrected chi connectivity index (χ3v) is 5.77. The summed E-state index contributed by atoms with van der Waals surface area (Å²) in [7, 11) is 0. The molecule has 5 atom stereocenters. The van der Waals surface area contributed by atoms with E-state index in [2.05, 4.69) is 25.9 Å². The average molecular weight is 511 g/mol. The Morgan fingerprint density at radius 3 is 2.06 bits per heavy atom. The minimum Gasteiger partial charge on any atom is -0.481 e. The first kappa shape index (κ1) is 30.6. The maximum absolute atomic E-state index is 13.1. The number of hydrogen-bond donors (Lipinski definition) is 7. The van der Waals surface area contributed by atoms with E-state index in [0.717, 1.165) is 0 Å². The van der Waals surface area contributed by atoms with Gasteiger partial charge in [0.05, 0.1) is 12.4 Å². The number of carboxylic acid groups (broad SMARTS) is 2. The summed E-state index contributed by atoms with van der Waals surface area (Å²) in [6.07, 6.45) is 2.97. The molecule has 0 saturated carbocycles. The highest BCUT2D eigenvalue weighted by Gasteiger charge is 2.31. The van der Waals surface area contributed by atoms with Gasteiger partial charge in [-0.2, -0.15) is 0 Å². The van der Waals surface area contributed by atoms with Gasteiger partial charge in [-0.05, 0) is 24.7 Å². The molecular formula is C23H38N6O7. The summed E-state index contributed by atoms with van der Waals surface area (Å²) in [6, 6.07) is -4.54. The molecule has 0 aliphatic heterocycles. The van der Waals surface area contributed by atoms with E-state index in [4.69, 9.17) is 10.8 Å². The number of imidazole rings is 1. The molecular weight excluding hydrogens is 472 g/mol. The molecule has 0 radical (unpaired) electrons. The van der Waals surface area contributed by atoms with Crippen molar-refractivity contribution >= 4 is 29.7 Å². The van der Waals surface area contributed by atoms with Crippen molar-refractivity contribution in [2.45, 2.75) is 84.0 Å². The molecule has 36 heavy (non-hydrogen) atoms. The predicted molar refractivity (Wildman–Crippen MR) is 129 cm³/mol. The summed E-state index contributed by atoms with van der Waals surface area (Å²) in [6.45, 7) is 7.28. The second-order valence-corrected chi connectivity index (χ2v) is 9.28. The molecule has 0 saturated heterocycles. The highest BCUT2D eigenvalue weighted by Crippen LogP contribution is 2.10. The zero-order chi connectivity index (χ0) is 27.4. The Labute approximate surface area is 210 Å². The van der Waals surface area contributed by atoms with Crippen LogP contribution in [-0.2, 0) is 30.4 Å². The number of carbonyl (C=O) groups excluding carboxylic acids is 3. The van der Waals surface area contributed by atoms with Crippen molar-refractivity contribution in [1.82, 2.24) is 25.9 Å². The van der Waals surface area contributed by atoms with Crippen LogP contribution in [-0.4, -0.2) is 74.0 Å². The molecule has 0 spiro atoms. The fraction of sp³-hybridized carbons (Fsp3) is 0.652. The van der Waals surface area contributed by atoms with Crippen LogP contribution in [0.3, 0.4) is 0 Å². The van der Waals surface area contributed by atoms with E-state index >= 15 is 0 Å². The molecule has 0 fully saturated rings. The number of aliphatic carboxylic acids is 2. The van der Waals surface area contributed by atoms with Gasteiger partial charge in [-0.25, -0.2) is 9.78 Å². The standard InChI is InChI=1S/C23H38N6O7/c1-5-13(4)19(24)22(34)27-15(6-7-18(30)31)20(32)28-16(8-12(2)3)21(33)29-17(23(35)36)9-14-10-25-11-26-14/h10-13,15-17,19H,5-9,24H2,1-4H3,(H,25,26)(H,27,34)(H,28,32)(H,29,33)(H,30,31)(H,35,36). The van der Waals surface area contributed by atoms with Gasteiger partial charge in [-0.3, -0.25) is 19.2 Å². The number of amides is 3. The summed E-state index contributed by atoms with van der Waals surface area (Å²) >= 11 is 0. The van der Waals surface area contributed by atoms with Crippen molar-refractivity contribution in [3.63, 3.8) is 0 Å². The van der Waals surface area contributed by atoms with Crippen molar-refractivity contribution < 1.29 is 34.2 Å². The summed E-state index contributed by atoms with van der Waals surface area (Å²) < 4.78 is 0. The molecule has 1 aromatic rings. The van der Waals surface area contributed by atoms with Crippen LogP contribution in [0.5, 0.6) is 0 Å². The number of carboxylic acids is 2. The molecule has 1 heterocycles. The van der Waals surface area contributed by atoms with Crippen LogP contribution >= 0.6 is 0 Å². The molecule has 0 aliphatic rings. The maximum atomic E-state index is 13.1. The summed E-state index contributed by atoms with van der Waals surface area (Å²) in [5, 5.41) is 26.1. The van der Waals surface area contributed by atoms with E-state index in [1.165, 1.54) is 12.5 Å². The number of hydrogen-bond acceptors (Lipinski definition) is 7. The van der Waals surface area contributed by atoms with Crippen molar-refractivity contribution in [2.24, 2.45) is 17.6 Å². The Balaban J connectivity index is 3.02. The SMILES string of the molecule is CCC(C)C(N)C(=O)NC(CCC(=O)O)C(=O)NC(CC(C)C)C(=O)NC(Cc1cnc[nH]1)C(=O)O. The highest BCUT2D eigenvalue weighted by molar-refractivity contribution is 5.94. The number of rotatable bonds is 16. The Hall–Kier alpha value is -3.48. The molecule has 13 nitrogen and oxygen atoms in total. The van der Waals surface area contributed by atoms with E-state index in [1.807, 2.05) is 20.8 Å². The number of nitrogens with two attached hydrogens (primary N) is 1. The van der Waals surface area contributed by atoms with Gasteiger partial charge in [0.15, 0.2) is 0 Å². The zero-order valence-corrected chi connectivity index (χ0v) is 21.1. The number of aromatic amines is 1. The monoisotopic (exact) mass is 510 g/mol. The second-order valence-electron chi connectivity index (χ2n) is 9.28. The third-order valence-electron chi connectivity index (χ3n) is 5.77. The van der Waals surface area contributed by atoms with Gasteiger partial charge < -0.3 is 36.9 Å². The smallest absolute Gasteiger partial charge is 0.326 e. The summed E-state index contributed by atoms with van der Waals surface area (Å²) in [5.74, 6) is -4.74. The highest BCUT2D eigenvalue weighted by atomic mass is 16.4. The third kappa shape index (κ3) is 10.4. The van der Waals surface area contributed by atoms with Crippen LogP contribution in [0, 0.1) is 11.8 Å². The quantitative estimate of drug-likeness (QED) is 0.156. The molecule has 3 amide bonds. The topological polar surface area (TPSA) is 217 Å². The van der Waals surface area contributed by atoms with Gasteiger partial charge in [0, 0.05) is 24.7 Å². The van der Waals surface area contributed by atoms with E-state index in [9.17, 15) is 29.1 Å². The zero-order valence-electron chi connectivity index (χ0n) is 21.1. The van der Waals surface area contributed by atoms with Gasteiger partial charge in [0.25, 0.3) is 0 Å². The Bertz CT molecular complexity index is 890. The van der Waals surface area contributed by atoms with Crippen LogP contribution in [0.1, 0.15) is 59.1 Å². The van der Waals surface area contributed by atoms with Gasteiger partial charge in [-0.1, -0.05) is 34.1 Å². The minimum atomic E-state index is -1.28. The number of carbonyl (C=O) groups is 5. The van der Waals surface area contributed by atoms with E-state index in [1.54, 1.807) is 6.92 Å². The van der Waals surface area contributed by atoms with E-state index < -0.39 is 60.2 Å². The molecule has 0 aromatic carbocycles. The van der Waals surface area contributed by atoms with Gasteiger partial charge in [0.2, 0.25) is 17.7 Å². The average Bonchev–Trinajstić information content (AvgIpc) is 3.32. The van der Waals surface area contributed by atoms with E-state index in [0.29, 0.717) is 12.1 Å². The normalized spacial score (nSPS) is 15.3. The molecule has 5 unspecified atom stereocenters. The molecule has 0 bridgehead atoms. The van der Waals surface area contributed by atoms with Crippen molar-refractivity contribution in [3.05, 3.63) is 18.2 Å². The van der Waals surface area contributed by atoms with Crippen LogP contribution in [0.25, 0.3) is 0 Å². The predicted octanol–water partition coefficient (Wildman–Crippen LogP) is -0.224. The first-order valence-electron chi connectivity index (χ1n) is 11.9. The first-order chi connectivity index (χ1) is 16.8. The van der Waals surface area contributed by atoms with Gasteiger partial charge in [-0.15, -0.1) is 0 Å². The van der Waals surface area contributed by atoms with Crippen molar-refractivity contribution in [1.29, 1.82) is 0 Å². The number of H-pyrrole nitrogens is 1. The molecule has 8 N–H and O–H groups in total. The fourth-order valence-corrected chi connectivity index (χ4v) is 3.38.